The molecular weight excluding hydrogens is 478 g/mol. The first-order valence-corrected chi connectivity index (χ1v) is 15.9. The van der Waals surface area contributed by atoms with Gasteiger partial charge in [-0.3, -0.25) is 10.3 Å². The van der Waals surface area contributed by atoms with Crippen LogP contribution in [0.4, 0.5) is 16.3 Å². The monoisotopic (exact) mass is 509 g/mol. The molecule has 0 fully saturated rings. The van der Waals surface area contributed by atoms with Crippen LogP contribution >= 0.6 is 0 Å². The highest BCUT2D eigenvalue weighted by molar-refractivity contribution is 6.88. The zero-order chi connectivity index (χ0) is 26.0. The number of carbonyl (C=O) groups is 1. The zero-order valence-electron chi connectivity index (χ0n) is 21.5. The van der Waals surface area contributed by atoms with Crippen molar-refractivity contribution >= 4 is 42.0 Å². The number of fused-ring (bicyclic) bond motifs is 1. The van der Waals surface area contributed by atoms with Crippen molar-refractivity contribution in [3.05, 3.63) is 90.0 Å². The van der Waals surface area contributed by atoms with E-state index in [1.54, 1.807) is 10.9 Å². The van der Waals surface area contributed by atoms with E-state index in [0.717, 1.165) is 40.4 Å². The van der Waals surface area contributed by atoms with E-state index in [0.29, 0.717) is 11.5 Å². The Bertz CT molecular complexity index is 1530. The molecule has 37 heavy (non-hydrogen) atoms. The standard InChI is InChI=1S/C28H31N7OSi/c1-19-5-9-23(10-6-19)35-25(16-26(34-35)37(2,3)4)33-28(36)32-22-15-24-21(17-30-27(24)31-18-22)8-7-20-11-13-29-14-12-20/h5-6,9-18H,7-8H2,1-4H3,(H,30,31)(H2,32,33,36). The second-order valence-corrected chi connectivity index (χ2v) is 15.3. The Labute approximate surface area is 217 Å². The summed E-state index contributed by atoms with van der Waals surface area (Å²) in [5.41, 5.74) is 5.88. The molecule has 9 heteroatoms. The molecule has 5 rings (SSSR count). The van der Waals surface area contributed by atoms with Crippen molar-refractivity contribution in [3.8, 4) is 5.69 Å². The van der Waals surface area contributed by atoms with Gasteiger partial charge < -0.3 is 10.3 Å². The first kappa shape index (κ1) is 24.5. The molecule has 188 valence electrons. The summed E-state index contributed by atoms with van der Waals surface area (Å²) in [6, 6.07) is 15.8. The van der Waals surface area contributed by atoms with Crippen molar-refractivity contribution in [2.24, 2.45) is 0 Å². The van der Waals surface area contributed by atoms with E-state index in [1.165, 1.54) is 11.1 Å². The van der Waals surface area contributed by atoms with E-state index in [1.807, 2.05) is 74.0 Å². The number of H-pyrrole nitrogens is 1. The highest BCUT2D eigenvalue weighted by Gasteiger charge is 2.23. The van der Waals surface area contributed by atoms with E-state index in [-0.39, 0.29) is 6.03 Å². The lowest BCUT2D eigenvalue weighted by atomic mass is 10.1. The molecule has 5 aromatic rings. The van der Waals surface area contributed by atoms with Crippen LogP contribution in [0, 0.1) is 6.92 Å². The Balaban J connectivity index is 1.35. The fourth-order valence-corrected chi connectivity index (χ4v) is 5.13. The van der Waals surface area contributed by atoms with Gasteiger partial charge in [0.15, 0.2) is 0 Å². The summed E-state index contributed by atoms with van der Waals surface area (Å²) in [6.45, 7) is 8.76. The molecule has 0 atom stereocenters. The second-order valence-electron chi connectivity index (χ2n) is 10.3. The summed E-state index contributed by atoms with van der Waals surface area (Å²) in [7, 11) is -1.70. The van der Waals surface area contributed by atoms with Crippen LogP contribution in [0.15, 0.2) is 73.3 Å². The van der Waals surface area contributed by atoms with Crippen LogP contribution in [-0.4, -0.2) is 38.8 Å². The third-order valence-electron chi connectivity index (χ3n) is 6.30. The Morgan fingerprint density at radius 3 is 2.49 bits per heavy atom. The number of carbonyl (C=O) groups excluding carboxylic acids is 1. The van der Waals surface area contributed by atoms with Crippen molar-refractivity contribution in [2.45, 2.75) is 39.4 Å². The van der Waals surface area contributed by atoms with Crippen LogP contribution in [0.5, 0.6) is 0 Å². The topological polar surface area (TPSA) is 101 Å². The largest absolute Gasteiger partial charge is 0.346 e. The van der Waals surface area contributed by atoms with Crippen molar-refractivity contribution in [1.29, 1.82) is 0 Å². The second kappa shape index (κ2) is 10.0. The maximum Gasteiger partial charge on any atom is 0.324 e. The Morgan fingerprint density at radius 2 is 1.76 bits per heavy atom. The third-order valence-corrected chi connectivity index (χ3v) is 8.09. The van der Waals surface area contributed by atoms with Gasteiger partial charge >= 0.3 is 6.03 Å². The van der Waals surface area contributed by atoms with E-state index < -0.39 is 8.07 Å². The van der Waals surface area contributed by atoms with E-state index >= 15 is 0 Å². The van der Waals surface area contributed by atoms with Crippen LogP contribution in [-0.2, 0) is 12.8 Å². The van der Waals surface area contributed by atoms with Crippen LogP contribution in [0.3, 0.4) is 0 Å². The maximum atomic E-state index is 13.1. The summed E-state index contributed by atoms with van der Waals surface area (Å²) < 4.78 is 1.80. The SMILES string of the molecule is Cc1ccc(-n2nc([Si](C)(C)C)cc2NC(=O)Nc2cnc3[nH]cc(CCc4ccncc4)c3c2)cc1. The summed E-state index contributed by atoms with van der Waals surface area (Å²) in [6.07, 6.45) is 9.03. The van der Waals surface area contributed by atoms with Gasteiger partial charge in [-0.05, 0) is 67.3 Å². The first-order chi connectivity index (χ1) is 17.8. The number of hydrogen-bond acceptors (Lipinski definition) is 4. The molecule has 0 saturated heterocycles. The van der Waals surface area contributed by atoms with E-state index in [9.17, 15) is 4.79 Å². The minimum absolute atomic E-state index is 0.342. The van der Waals surface area contributed by atoms with Gasteiger partial charge in [0.25, 0.3) is 0 Å². The number of nitrogens with one attached hydrogen (secondary N) is 3. The molecule has 4 heterocycles. The number of amides is 2. The number of nitrogens with zero attached hydrogens (tertiary/aromatic N) is 4. The normalized spacial score (nSPS) is 11.6. The molecule has 0 radical (unpaired) electrons. The molecular formula is C28H31N7OSi. The van der Waals surface area contributed by atoms with Crippen LogP contribution in [0.2, 0.25) is 19.6 Å². The number of anilines is 2. The smallest absolute Gasteiger partial charge is 0.324 e. The summed E-state index contributed by atoms with van der Waals surface area (Å²) in [5, 5.41) is 12.8. The highest BCUT2D eigenvalue weighted by Crippen LogP contribution is 2.22. The number of benzene rings is 1. The van der Waals surface area contributed by atoms with Gasteiger partial charge in [-0.25, -0.2) is 14.5 Å². The number of urea groups is 1. The quantitative estimate of drug-likeness (QED) is 0.255. The predicted octanol–water partition coefficient (Wildman–Crippen LogP) is 5.43. The summed E-state index contributed by atoms with van der Waals surface area (Å²) >= 11 is 0. The van der Waals surface area contributed by atoms with Gasteiger partial charge in [0.1, 0.15) is 19.5 Å². The van der Waals surface area contributed by atoms with E-state index in [2.05, 4.69) is 45.2 Å². The van der Waals surface area contributed by atoms with Crippen molar-refractivity contribution in [2.75, 3.05) is 10.6 Å². The molecule has 0 aliphatic heterocycles. The Hall–Kier alpha value is -4.24. The molecule has 8 nitrogen and oxygen atoms in total. The first-order valence-electron chi connectivity index (χ1n) is 12.4. The summed E-state index contributed by atoms with van der Waals surface area (Å²) in [4.78, 5) is 24.9. The molecule has 0 unspecified atom stereocenters. The molecule has 2 amide bonds. The van der Waals surface area contributed by atoms with Crippen LogP contribution in [0.1, 0.15) is 16.7 Å². The number of hydrogen-bond donors (Lipinski definition) is 3. The molecule has 0 saturated carbocycles. The van der Waals surface area contributed by atoms with Gasteiger partial charge in [0.2, 0.25) is 0 Å². The maximum absolute atomic E-state index is 13.1. The average molecular weight is 510 g/mol. The minimum Gasteiger partial charge on any atom is -0.346 e. The third kappa shape index (κ3) is 5.62. The predicted molar refractivity (Wildman–Crippen MR) is 152 cm³/mol. The molecule has 0 aliphatic rings. The van der Waals surface area contributed by atoms with Crippen LogP contribution < -0.4 is 16.0 Å². The number of aromatic amines is 1. The van der Waals surface area contributed by atoms with Gasteiger partial charge in [0.05, 0.1) is 17.6 Å². The van der Waals surface area contributed by atoms with Gasteiger partial charge in [-0.2, -0.15) is 5.10 Å². The van der Waals surface area contributed by atoms with Crippen molar-refractivity contribution in [1.82, 2.24) is 24.7 Å². The van der Waals surface area contributed by atoms with E-state index in [4.69, 9.17) is 5.10 Å². The molecule has 0 aliphatic carbocycles. The fourth-order valence-electron chi connectivity index (χ4n) is 4.16. The Morgan fingerprint density at radius 1 is 1.00 bits per heavy atom. The number of aryl methyl sites for hydroxylation is 3. The van der Waals surface area contributed by atoms with Crippen molar-refractivity contribution < 1.29 is 4.79 Å². The molecule has 3 N–H and O–H groups in total. The highest BCUT2D eigenvalue weighted by atomic mass is 28.3. The lowest BCUT2D eigenvalue weighted by molar-refractivity contribution is 0.262. The minimum atomic E-state index is -1.70. The average Bonchev–Trinajstić information content (AvgIpc) is 3.48. The fraction of sp³-hybridized carbons (Fsp3) is 0.214. The molecule has 0 spiro atoms. The van der Waals surface area contributed by atoms with Gasteiger partial charge in [0, 0.05) is 29.3 Å². The lowest BCUT2D eigenvalue weighted by Crippen LogP contribution is -2.39. The molecule has 1 aromatic carbocycles. The van der Waals surface area contributed by atoms with Gasteiger partial charge in [-0.15, -0.1) is 0 Å². The van der Waals surface area contributed by atoms with Gasteiger partial charge in [-0.1, -0.05) is 37.3 Å². The summed E-state index contributed by atoms with van der Waals surface area (Å²) in [5.74, 6) is 0.632. The number of pyridine rings is 2. The van der Waals surface area contributed by atoms with Crippen LogP contribution in [0.25, 0.3) is 16.7 Å². The number of aromatic nitrogens is 5. The number of rotatable bonds is 7. The lowest BCUT2D eigenvalue weighted by Gasteiger charge is -2.11. The van der Waals surface area contributed by atoms with Crippen molar-refractivity contribution in [3.63, 3.8) is 0 Å². The zero-order valence-corrected chi connectivity index (χ0v) is 22.5. The molecule has 0 bridgehead atoms. The molecule has 4 aromatic heterocycles. The Kier molecular flexibility index (Phi) is 6.62.